The summed E-state index contributed by atoms with van der Waals surface area (Å²) in [6.45, 7) is 6.95. The first-order chi connectivity index (χ1) is 12.2. The standard InChI is InChI=1S/C19H23N3O2S/c1-3-24-16-6-4-15(5-7-16)19-22-13(2)17(25-19)18(23)21-12-14-8-10-20-11-9-14/h4-8,20H,3,9-12H2,1-2H3,(H,21,23). The van der Waals surface area contributed by atoms with E-state index in [4.69, 9.17) is 4.74 Å². The van der Waals surface area contributed by atoms with E-state index < -0.39 is 0 Å². The highest BCUT2D eigenvalue weighted by molar-refractivity contribution is 7.17. The summed E-state index contributed by atoms with van der Waals surface area (Å²) in [6, 6.07) is 7.81. The number of nitrogens with zero attached hydrogens (tertiary/aromatic N) is 1. The van der Waals surface area contributed by atoms with Crippen LogP contribution in [-0.4, -0.2) is 37.1 Å². The zero-order valence-electron chi connectivity index (χ0n) is 14.6. The van der Waals surface area contributed by atoms with Gasteiger partial charge in [-0.2, -0.15) is 0 Å². The smallest absolute Gasteiger partial charge is 0.263 e. The third kappa shape index (κ3) is 4.46. The van der Waals surface area contributed by atoms with E-state index in [0.29, 0.717) is 18.0 Å². The van der Waals surface area contributed by atoms with E-state index >= 15 is 0 Å². The fourth-order valence-corrected chi connectivity index (χ4v) is 3.68. The molecule has 0 spiro atoms. The number of hydrogen-bond donors (Lipinski definition) is 2. The van der Waals surface area contributed by atoms with E-state index in [1.807, 2.05) is 38.1 Å². The molecule has 0 saturated carbocycles. The highest BCUT2D eigenvalue weighted by atomic mass is 32.1. The predicted molar refractivity (Wildman–Crippen MR) is 101 cm³/mol. The van der Waals surface area contributed by atoms with Crippen molar-refractivity contribution >= 4 is 17.2 Å². The first-order valence-corrected chi connectivity index (χ1v) is 9.36. The molecule has 1 aliphatic rings. The van der Waals surface area contributed by atoms with Gasteiger partial charge in [-0.05, 0) is 51.1 Å². The van der Waals surface area contributed by atoms with Crippen LogP contribution in [0.2, 0.25) is 0 Å². The van der Waals surface area contributed by atoms with E-state index in [1.54, 1.807) is 0 Å². The molecule has 1 amide bonds. The molecule has 0 bridgehead atoms. The van der Waals surface area contributed by atoms with Crippen LogP contribution >= 0.6 is 11.3 Å². The number of nitrogens with one attached hydrogen (secondary N) is 2. The third-order valence-corrected chi connectivity index (χ3v) is 5.25. The molecule has 25 heavy (non-hydrogen) atoms. The van der Waals surface area contributed by atoms with Crippen molar-refractivity contribution in [3.63, 3.8) is 0 Å². The van der Waals surface area contributed by atoms with Gasteiger partial charge in [0.25, 0.3) is 5.91 Å². The molecule has 0 radical (unpaired) electrons. The van der Waals surface area contributed by atoms with Crippen LogP contribution in [0.15, 0.2) is 35.9 Å². The van der Waals surface area contributed by atoms with Gasteiger partial charge in [0.05, 0.1) is 12.3 Å². The molecule has 3 rings (SSSR count). The maximum Gasteiger partial charge on any atom is 0.263 e. The zero-order chi connectivity index (χ0) is 17.6. The fourth-order valence-electron chi connectivity index (χ4n) is 2.70. The number of carbonyl (C=O) groups is 1. The Morgan fingerprint density at radius 3 is 2.84 bits per heavy atom. The van der Waals surface area contributed by atoms with Gasteiger partial charge in [0.2, 0.25) is 0 Å². The minimum absolute atomic E-state index is 0.0494. The number of benzene rings is 1. The molecule has 132 valence electrons. The van der Waals surface area contributed by atoms with Crippen LogP contribution in [-0.2, 0) is 0 Å². The SMILES string of the molecule is CCOc1ccc(-c2nc(C)c(C(=O)NCC3=CCNCC3)s2)cc1. The number of hydrogen-bond acceptors (Lipinski definition) is 5. The minimum atomic E-state index is -0.0494. The lowest BCUT2D eigenvalue weighted by Crippen LogP contribution is -2.29. The number of aromatic nitrogens is 1. The molecule has 1 aliphatic heterocycles. The van der Waals surface area contributed by atoms with Crippen LogP contribution in [0.5, 0.6) is 5.75 Å². The predicted octanol–water partition coefficient (Wildman–Crippen LogP) is 3.17. The van der Waals surface area contributed by atoms with Crippen LogP contribution < -0.4 is 15.4 Å². The quantitative estimate of drug-likeness (QED) is 0.780. The Labute approximate surface area is 152 Å². The summed E-state index contributed by atoms with van der Waals surface area (Å²) in [5.74, 6) is 0.791. The highest BCUT2D eigenvalue weighted by Gasteiger charge is 2.16. The van der Waals surface area contributed by atoms with E-state index in [9.17, 15) is 4.79 Å². The Balaban J connectivity index is 1.68. The number of carbonyl (C=O) groups excluding carboxylic acids is 1. The van der Waals surface area contributed by atoms with Crippen LogP contribution in [0.1, 0.15) is 28.7 Å². The molecule has 0 saturated heterocycles. The lowest BCUT2D eigenvalue weighted by Gasteiger charge is -2.14. The van der Waals surface area contributed by atoms with E-state index in [1.165, 1.54) is 16.9 Å². The van der Waals surface area contributed by atoms with Gasteiger partial charge in [-0.1, -0.05) is 11.6 Å². The fraction of sp³-hybridized carbons (Fsp3) is 0.368. The van der Waals surface area contributed by atoms with Crippen molar-refractivity contribution in [1.82, 2.24) is 15.6 Å². The molecule has 0 atom stereocenters. The van der Waals surface area contributed by atoms with E-state index in [0.717, 1.165) is 41.5 Å². The van der Waals surface area contributed by atoms with Crippen LogP contribution in [0.25, 0.3) is 10.6 Å². The lowest BCUT2D eigenvalue weighted by molar-refractivity contribution is 0.0960. The van der Waals surface area contributed by atoms with Crippen molar-refractivity contribution in [2.45, 2.75) is 20.3 Å². The zero-order valence-corrected chi connectivity index (χ0v) is 15.4. The Hall–Kier alpha value is -2.18. The first-order valence-electron chi connectivity index (χ1n) is 8.55. The maximum absolute atomic E-state index is 12.5. The molecule has 5 nitrogen and oxygen atoms in total. The molecular weight excluding hydrogens is 334 g/mol. The Kier molecular flexibility index (Phi) is 5.83. The topological polar surface area (TPSA) is 63.2 Å². The summed E-state index contributed by atoms with van der Waals surface area (Å²) in [5, 5.41) is 7.14. The molecule has 2 aromatic rings. The first kappa shape index (κ1) is 17.6. The number of thiazole rings is 1. The minimum Gasteiger partial charge on any atom is -0.494 e. The van der Waals surface area contributed by atoms with Gasteiger partial charge in [0.15, 0.2) is 0 Å². The highest BCUT2D eigenvalue weighted by Crippen LogP contribution is 2.29. The number of aryl methyl sites for hydroxylation is 1. The molecular formula is C19H23N3O2S. The monoisotopic (exact) mass is 357 g/mol. The van der Waals surface area contributed by atoms with E-state index in [-0.39, 0.29) is 5.91 Å². The van der Waals surface area contributed by atoms with Gasteiger partial charge in [-0.3, -0.25) is 4.79 Å². The molecule has 0 fully saturated rings. The van der Waals surface area contributed by atoms with Crippen LogP contribution in [0, 0.1) is 6.92 Å². The van der Waals surface area contributed by atoms with Gasteiger partial charge in [-0.25, -0.2) is 4.98 Å². The molecule has 2 N–H and O–H groups in total. The normalized spacial score (nSPS) is 14.1. The van der Waals surface area contributed by atoms with Crippen LogP contribution in [0.3, 0.4) is 0 Å². The average molecular weight is 357 g/mol. The average Bonchev–Trinajstić information content (AvgIpc) is 3.03. The van der Waals surface area contributed by atoms with Crippen molar-refractivity contribution in [3.8, 4) is 16.3 Å². The van der Waals surface area contributed by atoms with Crippen molar-refractivity contribution in [1.29, 1.82) is 0 Å². The second-order valence-corrected chi connectivity index (χ2v) is 6.89. The summed E-state index contributed by atoms with van der Waals surface area (Å²) in [5.41, 5.74) is 3.04. The summed E-state index contributed by atoms with van der Waals surface area (Å²) in [6.07, 6.45) is 3.13. The Morgan fingerprint density at radius 2 is 2.16 bits per heavy atom. The third-order valence-electron chi connectivity index (χ3n) is 4.05. The van der Waals surface area contributed by atoms with Crippen molar-refractivity contribution in [2.24, 2.45) is 0 Å². The van der Waals surface area contributed by atoms with Gasteiger partial charge in [0, 0.05) is 18.7 Å². The number of ether oxygens (including phenoxy) is 1. The Bertz CT molecular complexity index is 765. The summed E-state index contributed by atoms with van der Waals surface area (Å²) < 4.78 is 5.46. The summed E-state index contributed by atoms with van der Waals surface area (Å²) >= 11 is 1.43. The summed E-state index contributed by atoms with van der Waals surface area (Å²) in [7, 11) is 0. The molecule has 0 aliphatic carbocycles. The maximum atomic E-state index is 12.5. The lowest BCUT2D eigenvalue weighted by atomic mass is 10.1. The van der Waals surface area contributed by atoms with Gasteiger partial charge >= 0.3 is 0 Å². The second-order valence-electron chi connectivity index (χ2n) is 5.89. The largest absolute Gasteiger partial charge is 0.494 e. The summed E-state index contributed by atoms with van der Waals surface area (Å²) in [4.78, 5) is 17.7. The van der Waals surface area contributed by atoms with Crippen molar-refractivity contribution < 1.29 is 9.53 Å². The molecule has 2 heterocycles. The van der Waals surface area contributed by atoms with Crippen molar-refractivity contribution in [3.05, 3.63) is 46.5 Å². The van der Waals surface area contributed by atoms with E-state index in [2.05, 4.69) is 21.7 Å². The van der Waals surface area contributed by atoms with Crippen LogP contribution in [0.4, 0.5) is 0 Å². The molecule has 6 heteroatoms. The second kappa shape index (κ2) is 8.27. The number of rotatable bonds is 6. The van der Waals surface area contributed by atoms with Gasteiger partial charge in [-0.15, -0.1) is 11.3 Å². The molecule has 1 aromatic heterocycles. The number of amides is 1. The van der Waals surface area contributed by atoms with Gasteiger partial charge in [0.1, 0.15) is 15.6 Å². The molecule has 0 unspecified atom stereocenters. The molecule has 1 aromatic carbocycles. The van der Waals surface area contributed by atoms with Crippen molar-refractivity contribution in [2.75, 3.05) is 26.2 Å². The Morgan fingerprint density at radius 1 is 1.36 bits per heavy atom. The van der Waals surface area contributed by atoms with Gasteiger partial charge < -0.3 is 15.4 Å².